The fraction of sp³-hybridized carbons (Fsp3) is 0.176. The molecule has 0 atom stereocenters. The van der Waals surface area contributed by atoms with Crippen LogP contribution in [0, 0.1) is 0 Å². The van der Waals surface area contributed by atoms with E-state index >= 15 is 0 Å². The largest absolute Gasteiger partial charge is 0.396 e. The van der Waals surface area contributed by atoms with Gasteiger partial charge in [-0.2, -0.15) is 0 Å². The normalized spacial score (nSPS) is 10.9. The predicted octanol–water partition coefficient (Wildman–Crippen LogP) is 4.40. The molecular formula is C17H15Cl2N3O. The van der Waals surface area contributed by atoms with Crippen molar-refractivity contribution in [3.8, 4) is 11.4 Å². The summed E-state index contributed by atoms with van der Waals surface area (Å²) in [6.07, 6.45) is 0.648. The molecule has 23 heavy (non-hydrogen) atoms. The van der Waals surface area contributed by atoms with Crippen LogP contribution in [0.4, 0.5) is 5.82 Å². The minimum atomic E-state index is 0.131. The van der Waals surface area contributed by atoms with Crippen molar-refractivity contribution in [2.24, 2.45) is 0 Å². The third-order valence-corrected chi connectivity index (χ3v) is 3.95. The molecule has 6 heteroatoms. The second kappa shape index (κ2) is 7.13. The van der Waals surface area contributed by atoms with Crippen LogP contribution in [-0.4, -0.2) is 28.2 Å². The molecular weight excluding hydrogens is 333 g/mol. The first-order valence-corrected chi connectivity index (χ1v) is 8.01. The predicted molar refractivity (Wildman–Crippen MR) is 95.2 cm³/mol. The Labute approximate surface area is 144 Å². The number of rotatable bonds is 5. The van der Waals surface area contributed by atoms with Crippen LogP contribution in [-0.2, 0) is 0 Å². The molecule has 3 rings (SSSR count). The lowest BCUT2D eigenvalue weighted by Gasteiger charge is -2.11. The average molecular weight is 348 g/mol. The minimum Gasteiger partial charge on any atom is -0.396 e. The first-order valence-electron chi connectivity index (χ1n) is 7.26. The monoisotopic (exact) mass is 347 g/mol. The van der Waals surface area contributed by atoms with Crippen molar-refractivity contribution in [3.05, 3.63) is 52.5 Å². The van der Waals surface area contributed by atoms with Crippen LogP contribution < -0.4 is 5.32 Å². The van der Waals surface area contributed by atoms with Gasteiger partial charge in [0.2, 0.25) is 0 Å². The summed E-state index contributed by atoms with van der Waals surface area (Å²) in [4.78, 5) is 9.20. The van der Waals surface area contributed by atoms with Gasteiger partial charge in [-0.05, 0) is 36.8 Å². The summed E-state index contributed by atoms with van der Waals surface area (Å²) in [5, 5.41) is 14.2. The van der Waals surface area contributed by atoms with E-state index in [1.807, 2.05) is 30.3 Å². The van der Waals surface area contributed by atoms with Crippen molar-refractivity contribution in [3.63, 3.8) is 0 Å². The number of nitrogens with one attached hydrogen (secondary N) is 1. The quantitative estimate of drug-likeness (QED) is 0.671. The van der Waals surface area contributed by atoms with E-state index in [9.17, 15) is 0 Å². The van der Waals surface area contributed by atoms with E-state index in [0.29, 0.717) is 28.8 Å². The number of aliphatic hydroxyl groups is 1. The van der Waals surface area contributed by atoms with Gasteiger partial charge in [-0.15, -0.1) is 0 Å². The summed E-state index contributed by atoms with van der Waals surface area (Å²) in [5.41, 5.74) is 1.56. The number of aliphatic hydroxyl groups excluding tert-OH is 1. The number of halogens is 2. The molecule has 0 fully saturated rings. The number of benzene rings is 2. The molecule has 1 aromatic heterocycles. The van der Waals surface area contributed by atoms with Gasteiger partial charge in [0, 0.05) is 29.1 Å². The van der Waals surface area contributed by atoms with E-state index in [2.05, 4.69) is 15.3 Å². The van der Waals surface area contributed by atoms with Gasteiger partial charge in [-0.25, -0.2) is 9.97 Å². The third kappa shape index (κ3) is 3.55. The Hall–Kier alpha value is -1.88. The highest BCUT2D eigenvalue weighted by atomic mass is 35.5. The van der Waals surface area contributed by atoms with E-state index in [0.717, 1.165) is 22.3 Å². The highest BCUT2D eigenvalue weighted by molar-refractivity contribution is 6.36. The molecule has 2 N–H and O–H groups in total. The average Bonchev–Trinajstić information content (AvgIpc) is 2.55. The summed E-state index contributed by atoms with van der Waals surface area (Å²) >= 11 is 12.2. The maximum absolute atomic E-state index is 8.95. The number of anilines is 1. The van der Waals surface area contributed by atoms with E-state index in [4.69, 9.17) is 28.3 Å². The van der Waals surface area contributed by atoms with Crippen molar-refractivity contribution >= 4 is 39.9 Å². The van der Waals surface area contributed by atoms with E-state index in [1.54, 1.807) is 12.1 Å². The van der Waals surface area contributed by atoms with Crippen LogP contribution in [0.3, 0.4) is 0 Å². The summed E-state index contributed by atoms with van der Waals surface area (Å²) in [6, 6.07) is 13.0. The van der Waals surface area contributed by atoms with Crippen LogP contribution in [0.25, 0.3) is 22.3 Å². The Kier molecular flexibility index (Phi) is 4.96. The molecule has 3 aromatic rings. The molecule has 118 valence electrons. The second-order valence-corrected chi connectivity index (χ2v) is 5.88. The maximum atomic E-state index is 8.95. The van der Waals surface area contributed by atoms with Gasteiger partial charge in [0.15, 0.2) is 5.82 Å². The molecule has 0 aliphatic heterocycles. The molecule has 0 saturated carbocycles. The molecule has 0 aliphatic carbocycles. The molecule has 0 unspecified atom stereocenters. The number of para-hydroxylation sites is 1. The topological polar surface area (TPSA) is 58.0 Å². The first kappa shape index (κ1) is 16.0. The lowest BCUT2D eigenvalue weighted by atomic mass is 10.2. The Morgan fingerprint density at radius 1 is 1.04 bits per heavy atom. The van der Waals surface area contributed by atoms with Gasteiger partial charge in [0.1, 0.15) is 5.82 Å². The van der Waals surface area contributed by atoms with Crippen molar-refractivity contribution in [1.29, 1.82) is 0 Å². The van der Waals surface area contributed by atoms with E-state index in [1.165, 1.54) is 0 Å². The molecule has 2 aromatic carbocycles. The molecule has 0 aliphatic rings. The summed E-state index contributed by atoms with van der Waals surface area (Å²) in [5.74, 6) is 1.27. The van der Waals surface area contributed by atoms with Gasteiger partial charge in [0.05, 0.1) is 10.5 Å². The van der Waals surface area contributed by atoms with Crippen LogP contribution in [0.5, 0.6) is 0 Å². The molecule has 0 bridgehead atoms. The number of hydrogen-bond acceptors (Lipinski definition) is 4. The lowest BCUT2D eigenvalue weighted by molar-refractivity contribution is 0.292. The Bertz CT molecular complexity index is 839. The lowest BCUT2D eigenvalue weighted by Crippen LogP contribution is -2.07. The van der Waals surface area contributed by atoms with Gasteiger partial charge in [-0.1, -0.05) is 35.3 Å². The third-order valence-electron chi connectivity index (χ3n) is 3.40. The zero-order valence-corrected chi connectivity index (χ0v) is 13.8. The van der Waals surface area contributed by atoms with Gasteiger partial charge >= 0.3 is 0 Å². The van der Waals surface area contributed by atoms with E-state index in [-0.39, 0.29) is 6.61 Å². The Morgan fingerprint density at radius 3 is 2.65 bits per heavy atom. The maximum Gasteiger partial charge on any atom is 0.163 e. The number of fused-ring (bicyclic) bond motifs is 1. The standard InChI is InChI=1S/C17H15Cl2N3O/c18-11-6-7-12(14(19)10-11)17-21-15-5-2-1-4-13(15)16(22-17)20-8-3-9-23/h1-2,4-7,10,23H,3,8-9H2,(H,20,21,22). The number of hydrogen-bond donors (Lipinski definition) is 2. The van der Waals surface area contributed by atoms with Crippen LogP contribution in [0.15, 0.2) is 42.5 Å². The van der Waals surface area contributed by atoms with Crippen LogP contribution in [0.2, 0.25) is 10.0 Å². The van der Waals surface area contributed by atoms with Crippen LogP contribution >= 0.6 is 23.2 Å². The van der Waals surface area contributed by atoms with Gasteiger partial charge in [-0.3, -0.25) is 0 Å². The van der Waals surface area contributed by atoms with Gasteiger partial charge in [0.25, 0.3) is 0 Å². The fourth-order valence-corrected chi connectivity index (χ4v) is 2.78. The molecule has 4 nitrogen and oxygen atoms in total. The highest BCUT2D eigenvalue weighted by Gasteiger charge is 2.12. The fourth-order valence-electron chi connectivity index (χ4n) is 2.29. The summed E-state index contributed by atoms with van der Waals surface area (Å²) < 4.78 is 0. The molecule has 0 saturated heterocycles. The Balaban J connectivity index is 2.10. The number of nitrogens with zero attached hydrogens (tertiary/aromatic N) is 2. The first-order chi connectivity index (χ1) is 11.2. The van der Waals surface area contributed by atoms with Crippen molar-refractivity contribution in [2.45, 2.75) is 6.42 Å². The number of aromatic nitrogens is 2. The smallest absolute Gasteiger partial charge is 0.163 e. The molecule has 1 heterocycles. The molecule has 0 radical (unpaired) electrons. The molecule has 0 amide bonds. The SMILES string of the molecule is OCCCNc1nc(-c2ccc(Cl)cc2Cl)nc2ccccc12. The second-order valence-electron chi connectivity index (χ2n) is 5.04. The van der Waals surface area contributed by atoms with Crippen molar-refractivity contribution in [2.75, 3.05) is 18.5 Å². The zero-order chi connectivity index (χ0) is 16.2. The minimum absolute atomic E-state index is 0.131. The summed E-state index contributed by atoms with van der Waals surface area (Å²) in [7, 11) is 0. The van der Waals surface area contributed by atoms with Crippen molar-refractivity contribution < 1.29 is 5.11 Å². The van der Waals surface area contributed by atoms with Gasteiger partial charge < -0.3 is 10.4 Å². The summed E-state index contributed by atoms with van der Waals surface area (Å²) in [6.45, 7) is 0.761. The Morgan fingerprint density at radius 2 is 1.87 bits per heavy atom. The van der Waals surface area contributed by atoms with E-state index < -0.39 is 0 Å². The zero-order valence-electron chi connectivity index (χ0n) is 12.3. The van der Waals surface area contributed by atoms with Crippen molar-refractivity contribution in [1.82, 2.24) is 9.97 Å². The van der Waals surface area contributed by atoms with Crippen LogP contribution in [0.1, 0.15) is 6.42 Å². The highest BCUT2D eigenvalue weighted by Crippen LogP contribution is 2.31. The molecule has 0 spiro atoms.